The Bertz CT molecular complexity index is 938. The molecular formula is C15H18N6O3. The van der Waals surface area contributed by atoms with Gasteiger partial charge in [0.05, 0.1) is 24.0 Å². The molecule has 3 aromatic heterocycles. The lowest BCUT2D eigenvalue weighted by Crippen LogP contribution is -2.18. The summed E-state index contributed by atoms with van der Waals surface area (Å²) in [7, 11) is 0. The average molecular weight is 330 g/mol. The average Bonchev–Trinajstić information content (AvgIpc) is 3.19. The van der Waals surface area contributed by atoms with E-state index in [1.54, 1.807) is 4.68 Å². The minimum atomic E-state index is -1.10. The normalized spacial score (nSPS) is 12.6. The van der Waals surface area contributed by atoms with Crippen molar-refractivity contribution in [1.82, 2.24) is 29.5 Å². The molecule has 2 N–H and O–H groups in total. The molecule has 1 atom stereocenters. The molecule has 0 spiro atoms. The van der Waals surface area contributed by atoms with Crippen molar-refractivity contribution in [2.24, 2.45) is 0 Å². The highest BCUT2D eigenvalue weighted by atomic mass is 16.4. The van der Waals surface area contributed by atoms with Crippen molar-refractivity contribution in [3.8, 4) is 5.95 Å². The van der Waals surface area contributed by atoms with Gasteiger partial charge in [-0.05, 0) is 13.3 Å². The fourth-order valence-electron chi connectivity index (χ4n) is 2.57. The van der Waals surface area contributed by atoms with E-state index in [2.05, 4.69) is 27.1 Å². The van der Waals surface area contributed by atoms with E-state index in [1.807, 2.05) is 6.92 Å². The second-order valence-electron chi connectivity index (χ2n) is 5.68. The number of hydrogen-bond acceptors (Lipinski definition) is 5. The van der Waals surface area contributed by atoms with E-state index in [1.165, 1.54) is 23.3 Å². The third kappa shape index (κ3) is 2.80. The monoisotopic (exact) mass is 330 g/mol. The standard InChI is InChI=1S/C15H18N6O3/c1-3-4-5-9(2)21-12-11(7-17-21)18-15(19-13(12)22)20-8-10(6-16-20)14(23)24/h6-9H,3-5H2,1-2H3,(H,23,24)(H,18,19,22)/t9-/m0/s1. The maximum absolute atomic E-state index is 12.5. The molecule has 126 valence electrons. The SMILES string of the molecule is CCCC[C@H](C)n1ncc2nc(-n3cc(C(=O)O)cn3)[nH]c(=O)c21. The molecule has 3 rings (SSSR count). The number of aromatic carboxylic acids is 1. The molecule has 3 heterocycles. The summed E-state index contributed by atoms with van der Waals surface area (Å²) in [6, 6.07) is 0.0968. The Morgan fingerprint density at radius 3 is 2.83 bits per heavy atom. The first-order chi connectivity index (χ1) is 11.5. The second kappa shape index (κ2) is 6.26. The highest BCUT2D eigenvalue weighted by molar-refractivity contribution is 5.87. The molecule has 0 aliphatic carbocycles. The maximum atomic E-state index is 12.5. The smallest absolute Gasteiger partial charge is 0.338 e. The maximum Gasteiger partial charge on any atom is 0.338 e. The number of aromatic nitrogens is 6. The van der Waals surface area contributed by atoms with Gasteiger partial charge in [-0.25, -0.2) is 14.5 Å². The van der Waals surface area contributed by atoms with Crippen molar-refractivity contribution in [1.29, 1.82) is 0 Å². The number of H-pyrrole nitrogens is 1. The number of aromatic amines is 1. The fourth-order valence-corrected chi connectivity index (χ4v) is 2.57. The number of carbonyl (C=O) groups is 1. The van der Waals surface area contributed by atoms with E-state index in [0.717, 1.165) is 19.3 Å². The van der Waals surface area contributed by atoms with Crippen LogP contribution in [0.4, 0.5) is 0 Å². The van der Waals surface area contributed by atoms with Gasteiger partial charge in [-0.1, -0.05) is 19.8 Å². The number of rotatable bonds is 6. The largest absolute Gasteiger partial charge is 0.478 e. The summed E-state index contributed by atoms with van der Waals surface area (Å²) in [4.78, 5) is 30.4. The van der Waals surface area contributed by atoms with Crippen LogP contribution in [0.1, 0.15) is 49.5 Å². The third-order valence-electron chi connectivity index (χ3n) is 3.88. The van der Waals surface area contributed by atoms with Gasteiger partial charge in [0.15, 0.2) is 5.52 Å². The number of carboxylic acid groups (broad SMARTS) is 1. The molecular weight excluding hydrogens is 312 g/mol. The highest BCUT2D eigenvalue weighted by Crippen LogP contribution is 2.18. The predicted molar refractivity (Wildman–Crippen MR) is 86.5 cm³/mol. The van der Waals surface area contributed by atoms with E-state index >= 15 is 0 Å². The molecule has 0 aliphatic heterocycles. The van der Waals surface area contributed by atoms with Gasteiger partial charge >= 0.3 is 5.97 Å². The van der Waals surface area contributed by atoms with Crippen LogP contribution in [0.5, 0.6) is 0 Å². The summed E-state index contributed by atoms with van der Waals surface area (Å²) in [5.74, 6) is -0.942. The molecule has 0 saturated carbocycles. The zero-order valence-electron chi connectivity index (χ0n) is 13.4. The van der Waals surface area contributed by atoms with Crippen LogP contribution in [0.2, 0.25) is 0 Å². The summed E-state index contributed by atoms with van der Waals surface area (Å²) < 4.78 is 2.91. The first-order valence-electron chi connectivity index (χ1n) is 7.77. The summed E-state index contributed by atoms with van der Waals surface area (Å²) in [5, 5.41) is 17.1. The van der Waals surface area contributed by atoms with Crippen molar-refractivity contribution in [3.63, 3.8) is 0 Å². The molecule has 9 nitrogen and oxygen atoms in total. The number of nitrogens with one attached hydrogen (secondary N) is 1. The molecule has 0 fully saturated rings. The van der Waals surface area contributed by atoms with Crippen LogP contribution in [0.25, 0.3) is 17.0 Å². The lowest BCUT2D eigenvalue weighted by atomic mass is 10.1. The molecule has 0 aromatic carbocycles. The van der Waals surface area contributed by atoms with Gasteiger partial charge in [0.1, 0.15) is 5.52 Å². The lowest BCUT2D eigenvalue weighted by molar-refractivity contribution is 0.0697. The zero-order valence-corrected chi connectivity index (χ0v) is 13.4. The van der Waals surface area contributed by atoms with Gasteiger partial charge < -0.3 is 5.11 Å². The molecule has 0 amide bonds. The molecule has 0 aliphatic rings. The number of carboxylic acids is 1. The molecule has 9 heteroatoms. The van der Waals surface area contributed by atoms with Gasteiger partial charge in [-0.2, -0.15) is 10.2 Å². The second-order valence-corrected chi connectivity index (χ2v) is 5.68. The first kappa shape index (κ1) is 15.9. The van der Waals surface area contributed by atoms with Crippen LogP contribution < -0.4 is 5.56 Å². The van der Waals surface area contributed by atoms with Crippen LogP contribution >= 0.6 is 0 Å². The van der Waals surface area contributed by atoms with Crippen LogP contribution in [-0.2, 0) is 0 Å². The van der Waals surface area contributed by atoms with Gasteiger partial charge in [0.25, 0.3) is 5.56 Å². The number of hydrogen-bond donors (Lipinski definition) is 2. The summed E-state index contributed by atoms with van der Waals surface area (Å²) in [6.07, 6.45) is 7.09. The third-order valence-corrected chi connectivity index (χ3v) is 3.88. The van der Waals surface area contributed by atoms with E-state index in [4.69, 9.17) is 5.11 Å². The molecule has 0 unspecified atom stereocenters. The topological polar surface area (TPSA) is 119 Å². The Labute approximate surface area is 136 Å². The number of fused-ring (bicyclic) bond motifs is 1. The molecule has 0 radical (unpaired) electrons. The minimum absolute atomic E-state index is 0.0154. The van der Waals surface area contributed by atoms with Crippen molar-refractivity contribution in [3.05, 3.63) is 34.5 Å². The van der Waals surface area contributed by atoms with Crippen molar-refractivity contribution in [2.45, 2.75) is 39.2 Å². The number of unbranched alkanes of at least 4 members (excludes halogenated alkanes) is 1. The Morgan fingerprint density at radius 1 is 1.38 bits per heavy atom. The van der Waals surface area contributed by atoms with Gasteiger partial charge in [0.2, 0.25) is 5.95 Å². The van der Waals surface area contributed by atoms with E-state index in [0.29, 0.717) is 11.0 Å². The van der Waals surface area contributed by atoms with Crippen LogP contribution in [-0.4, -0.2) is 40.6 Å². The fraction of sp³-hybridized carbons (Fsp3) is 0.400. The summed E-state index contributed by atoms with van der Waals surface area (Å²) >= 11 is 0. The summed E-state index contributed by atoms with van der Waals surface area (Å²) in [6.45, 7) is 4.13. The minimum Gasteiger partial charge on any atom is -0.478 e. The Balaban J connectivity index is 2.02. The van der Waals surface area contributed by atoms with Crippen LogP contribution in [0.3, 0.4) is 0 Å². The zero-order chi connectivity index (χ0) is 17.3. The molecule has 3 aromatic rings. The van der Waals surface area contributed by atoms with Crippen molar-refractivity contribution in [2.75, 3.05) is 0 Å². The molecule has 24 heavy (non-hydrogen) atoms. The van der Waals surface area contributed by atoms with E-state index in [-0.39, 0.29) is 23.1 Å². The predicted octanol–water partition coefficient (Wildman–Crippen LogP) is 1.75. The van der Waals surface area contributed by atoms with Crippen molar-refractivity contribution >= 4 is 17.0 Å². The van der Waals surface area contributed by atoms with E-state index in [9.17, 15) is 9.59 Å². The molecule has 0 saturated heterocycles. The Morgan fingerprint density at radius 2 is 2.17 bits per heavy atom. The molecule has 0 bridgehead atoms. The lowest BCUT2D eigenvalue weighted by Gasteiger charge is -2.12. The quantitative estimate of drug-likeness (QED) is 0.711. The first-order valence-corrected chi connectivity index (χ1v) is 7.77. The Kier molecular flexibility index (Phi) is 4.15. The number of nitrogens with zero attached hydrogens (tertiary/aromatic N) is 5. The van der Waals surface area contributed by atoms with Gasteiger partial charge in [0, 0.05) is 6.20 Å². The van der Waals surface area contributed by atoms with Crippen molar-refractivity contribution < 1.29 is 9.90 Å². The summed E-state index contributed by atoms with van der Waals surface area (Å²) in [5.41, 5.74) is 0.544. The van der Waals surface area contributed by atoms with Gasteiger partial charge in [-0.3, -0.25) is 14.5 Å². The van der Waals surface area contributed by atoms with Gasteiger partial charge in [-0.15, -0.1) is 0 Å². The van der Waals surface area contributed by atoms with Crippen LogP contribution in [0, 0.1) is 0 Å². The van der Waals surface area contributed by atoms with Crippen LogP contribution in [0.15, 0.2) is 23.4 Å². The van der Waals surface area contributed by atoms with E-state index < -0.39 is 5.97 Å². The Hall–Kier alpha value is -2.97. The highest BCUT2D eigenvalue weighted by Gasteiger charge is 2.16.